The number of aromatic nitrogens is 4. The number of carbonyl (C=O) groups is 1. The number of nitrogens with zero attached hydrogens (tertiary/aromatic N) is 6. The number of rotatable bonds is 5. The highest BCUT2D eigenvalue weighted by Gasteiger charge is 2.27. The molecular weight excluding hydrogens is 538 g/mol. The Morgan fingerprint density at radius 1 is 1.00 bits per heavy atom. The minimum atomic E-state index is -0.431. The lowest BCUT2D eigenvalue weighted by molar-refractivity contribution is 0.101. The largest absolute Gasteiger partial charge is 0.345 e. The van der Waals surface area contributed by atoms with E-state index in [-0.39, 0.29) is 5.78 Å². The maximum absolute atomic E-state index is 13.3. The molecule has 0 atom stereocenters. The fourth-order valence-electron chi connectivity index (χ4n) is 4.72. The zero-order valence-corrected chi connectivity index (χ0v) is 23.4. The van der Waals surface area contributed by atoms with E-state index in [1.165, 1.54) is 18.5 Å². The topological polar surface area (TPSA) is 97.4 Å². The van der Waals surface area contributed by atoms with Crippen LogP contribution in [0.1, 0.15) is 22.8 Å². The number of thiocarbonyl (C=S) groups is 1. The van der Waals surface area contributed by atoms with Gasteiger partial charge < -0.3 is 15.1 Å². The summed E-state index contributed by atoms with van der Waals surface area (Å²) in [5.41, 5.74) is 2.15. The predicted molar refractivity (Wildman–Crippen MR) is 157 cm³/mol. The number of imidazole rings is 1. The molecule has 1 fully saturated rings. The van der Waals surface area contributed by atoms with Crippen LogP contribution in [-0.2, 0) is 20.6 Å². The molecule has 0 spiro atoms. The minimum Gasteiger partial charge on any atom is -0.345 e. The third-order valence-electron chi connectivity index (χ3n) is 7.01. The third-order valence-corrected chi connectivity index (χ3v) is 7.74. The maximum atomic E-state index is 13.3. The number of halogens is 1. The van der Waals surface area contributed by atoms with Gasteiger partial charge in [0.1, 0.15) is 0 Å². The van der Waals surface area contributed by atoms with Crippen molar-refractivity contribution in [3.05, 3.63) is 85.5 Å². The van der Waals surface area contributed by atoms with Gasteiger partial charge in [-0.25, -0.2) is 4.79 Å². The smallest absolute Gasteiger partial charge is 0.332 e. The number of ketones is 1. The number of hydrogen-bond acceptors (Lipinski definition) is 6. The summed E-state index contributed by atoms with van der Waals surface area (Å²) in [6.07, 6.45) is 0. The number of piperazine rings is 1. The van der Waals surface area contributed by atoms with Crippen LogP contribution in [0.5, 0.6) is 0 Å². The van der Waals surface area contributed by atoms with Crippen LogP contribution in [0.2, 0.25) is 5.02 Å². The summed E-state index contributed by atoms with van der Waals surface area (Å²) in [5.74, 6) is 0.611. The molecule has 1 N–H and O–H groups in total. The highest BCUT2D eigenvalue weighted by atomic mass is 35.5. The SMILES string of the molecule is CC(=O)c1ccc(NC(=S)N2CCN(c3nc4c(c(=O)n(C)c(=O)n4C)n3Cc3ccccc3Cl)CC2)cc1. The molecule has 5 rings (SSSR count). The first-order chi connectivity index (χ1) is 18.7. The van der Waals surface area contributed by atoms with E-state index < -0.39 is 11.2 Å². The van der Waals surface area contributed by atoms with Crippen molar-refractivity contribution in [1.29, 1.82) is 0 Å². The number of aryl methyl sites for hydroxylation is 1. The zero-order chi connectivity index (χ0) is 27.8. The molecule has 4 aromatic rings. The molecule has 1 aliphatic heterocycles. The molecule has 1 aliphatic rings. The highest BCUT2D eigenvalue weighted by Crippen LogP contribution is 2.25. The van der Waals surface area contributed by atoms with Crippen LogP contribution in [0.4, 0.5) is 11.6 Å². The van der Waals surface area contributed by atoms with E-state index in [4.69, 9.17) is 28.8 Å². The first kappa shape index (κ1) is 26.6. The van der Waals surface area contributed by atoms with Crippen LogP contribution in [0.3, 0.4) is 0 Å². The van der Waals surface area contributed by atoms with Crippen molar-refractivity contribution in [3.8, 4) is 0 Å². The Balaban J connectivity index is 1.42. The molecular formula is C27H28ClN7O3S. The van der Waals surface area contributed by atoms with E-state index in [0.29, 0.717) is 65.5 Å². The first-order valence-electron chi connectivity index (χ1n) is 12.5. The molecule has 0 saturated carbocycles. The third kappa shape index (κ3) is 5.07. The summed E-state index contributed by atoms with van der Waals surface area (Å²) in [4.78, 5) is 46.4. The zero-order valence-electron chi connectivity index (χ0n) is 21.8. The van der Waals surface area contributed by atoms with Gasteiger partial charge in [0.2, 0.25) is 5.95 Å². The summed E-state index contributed by atoms with van der Waals surface area (Å²) >= 11 is 12.1. The van der Waals surface area contributed by atoms with E-state index in [0.717, 1.165) is 15.8 Å². The first-order valence-corrected chi connectivity index (χ1v) is 13.3. The Kier molecular flexibility index (Phi) is 7.28. The number of anilines is 2. The second kappa shape index (κ2) is 10.7. The maximum Gasteiger partial charge on any atom is 0.332 e. The predicted octanol–water partition coefficient (Wildman–Crippen LogP) is 2.86. The molecule has 0 unspecified atom stereocenters. The van der Waals surface area contributed by atoms with Gasteiger partial charge in [-0.1, -0.05) is 29.8 Å². The van der Waals surface area contributed by atoms with Crippen LogP contribution in [0, 0.1) is 0 Å². The number of benzene rings is 2. The van der Waals surface area contributed by atoms with Crippen LogP contribution in [0.15, 0.2) is 58.1 Å². The lowest BCUT2D eigenvalue weighted by Crippen LogP contribution is -2.50. The van der Waals surface area contributed by atoms with Gasteiger partial charge in [0, 0.05) is 56.5 Å². The van der Waals surface area contributed by atoms with Crippen molar-refractivity contribution in [3.63, 3.8) is 0 Å². The minimum absolute atomic E-state index is 0.0127. The fraction of sp³-hybridized carbons (Fsp3) is 0.296. The highest BCUT2D eigenvalue weighted by molar-refractivity contribution is 7.80. The van der Waals surface area contributed by atoms with Crippen LogP contribution < -0.4 is 21.5 Å². The second-order valence-corrected chi connectivity index (χ2v) is 10.3. The Labute approximate surface area is 235 Å². The molecule has 2 aromatic carbocycles. The summed E-state index contributed by atoms with van der Waals surface area (Å²) in [7, 11) is 3.09. The molecule has 12 heteroatoms. The Bertz CT molecular complexity index is 1700. The molecule has 39 heavy (non-hydrogen) atoms. The van der Waals surface area contributed by atoms with Crippen molar-refractivity contribution in [1.82, 2.24) is 23.6 Å². The fourth-order valence-corrected chi connectivity index (χ4v) is 5.22. The second-order valence-electron chi connectivity index (χ2n) is 9.51. The van der Waals surface area contributed by atoms with Crippen LogP contribution in [-0.4, -0.2) is 60.7 Å². The van der Waals surface area contributed by atoms with E-state index in [1.54, 1.807) is 19.2 Å². The molecule has 0 radical (unpaired) electrons. The Morgan fingerprint density at radius 2 is 1.67 bits per heavy atom. The van der Waals surface area contributed by atoms with Crippen molar-refractivity contribution < 1.29 is 4.79 Å². The molecule has 0 amide bonds. The van der Waals surface area contributed by atoms with Crippen molar-refractivity contribution in [2.75, 3.05) is 36.4 Å². The van der Waals surface area contributed by atoms with Crippen molar-refractivity contribution >= 4 is 57.5 Å². The average Bonchev–Trinajstić information content (AvgIpc) is 3.31. The Morgan fingerprint density at radius 3 is 2.31 bits per heavy atom. The quantitative estimate of drug-likeness (QED) is 0.291. The summed E-state index contributed by atoms with van der Waals surface area (Å²) in [6.45, 7) is 4.33. The lowest BCUT2D eigenvalue weighted by atomic mass is 10.1. The number of fused-ring (bicyclic) bond motifs is 1. The van der Waals surface area contributed by atoms with Gasteiger partial charge in [-0.2, -0.15) is 4.98 Å². The molecule has 202 valence electrons. The van der Waals surface area contributed by atoms with Gasteiger partial charge in [-0.3, -0.25) is 23.3 Å². The number of carbonyl (C=O) groups excluding carboxylic acids is 1. The molecule has 0 aliphatic carbocycles. The molecule has 0 bridgehead atoms. The van der Waals surface area contributed by atoms with Crippen LogP contribution >= 0.6 is 23.8 Å². The van der Waals surface area contributed by atoms with Gasteiger partial charge in [-0.15, -0.1) is 0 Å². The molecule has 3 heterocycles. The lowest BCUT2D eigenvalue weighted by Gasteiger charge is -2.36. The normalized spacial score (nSPS) is 13.6. The van der Waals surface area contributed by atoms with Crippen molar-refractivity contribution in [2.24, 2.45) is 14.1 Å². The standard InChI is InChI=1S/C27H28ClN7O3S/c1-17(36)18-8-10-20(11-9-18)29-26(39)34-14-12-33(13-15-34)25-30-23-22(24(37)32(3)27(38)31(23)2)35(25)16-19-6-4-5-7-21(19)28/h4-11H,12-16H2,1-3H3,(H,29,39). The molecule has 2 aromatic heterocycles. The molecule has 1 saturated heterocycles. The van der Waals surface area contributed by atoms with Crippen molar-refractivity contribution in [2.45, 2.75) is 13.5 Å². The van der Waals surface area contributed by atoms with Gasteiger partial charge in [0.15, 0.2) is 22.1 Å². The van der Waals surface area contributed by atoms with E-state index in [2.05, 4.69) is 15.1 Å². The number of Topliss-reactive ketones (excluding diaryl/α,β-unsaturated/α-hetero) is 1. The summed E-state index contributed by atoms with van der Waals surface area (Å²) in [6, 6.07) is 14.7. The molecule has 10 nitrogen and oxygen atoms in total. The van der Waals surface area contributed by atoms with E-state index >= 15 is 0 Å². The average molecular weight is 566 g/mol. The summed E-state index contributed by atoms with van der Waals surface area (Å²) in [5, 5.41) is 4.42. The van der Waals surface area contributed by atoms with E-state index in [1.807, 2.05) is 41.0 Å². The number of nitrogens with one attached hydrogen (secondary N) is 1. The monoisotopic (exact) mass is 565 g/mol. The van der Waals surface area contributed by atoms with Gasteiger partial charge in [0.05, 0.1) is 6.54 Å². The van der Waals surface area contributed by atoms with Crippen LogP contribution in [0.25, 0.3) is 11.2 Å². The van der Waals surface area contributed by atoms with Gasteiger partial charge >= 0.3 is 5.69 Å². The summed E-state index contributed by atoms with van der Waals surface area (Å²) < 4.78 is 4.35. The number of hydrogen-bond donors (Lipinski definition) is 1. The van der Waals surface area contributed by atoms with Gasteiger partial charge in [-0.05, 0) is 55.0 Å². The van der Waals surface area contributed by atoms with Gasteiger partial charge in [0.25, 0.3) is 5.56 Å². The Hall–Kier alpha value is -3.96. The van der Waals surface area contributed by atoms with E-state index in [9.17, 15) is 14.4 Å².